The number of piperidine rings is 1. The van der Waals surface area contributed by atoms with Crippen molar-refractivity contribution in [3.05, 3.63) is 58.4 Å². The predicted molar refractivity (Wildman–Crippen MR) is 112 cm³/mol. The lowest BCUT2D eigenvalue weighted by Crippen LogP contribution is -2.46. The quantitative estimate of drug-likeness (QED) is 0.672. The third kappa shape index (κ3) is 4.28. The fourth-order valence-corrected chi connectivity index (χ4v) is 4.59. The third-order valence-corrected chi connectivity index (χ3v) is 6.35. The van der Waals surface area contributed by atoms with Crippen LogP contribution >= 0.6 is 11.3 Å². The molecule has 0 bridgehead atoms. The number of fused-ring (bicyclic) bond motifs is 1. The number of benzene rings is 1. The zero-order valence-electron chi connectivity index (χ0n) is 15.8. The zero-order valence-corrected chi connectivity index (χ0v) is 16.6. The second kappa shape index (κ2) is 8.61. The topological polar surface area (TPSA) is 65.2 Å². The molecular formula is C22H25N3O2S. The van der Waals surface area contributed by atoms with Crippen molar-refractivity contribution in [3.63, 3.8) is 0 Å². The minimum Gasteiger partial charge on any atom is -0.361 e. The highest BCUT2D eigenvalue weighted by Gasteiger charge is 2.28. The van der Waals surface area contributed by atoms with E-state index in [1.165, 1.54) is 4.88 Å². The van der Waals surface area contributed by atoms with Crippen LogP contribution in [0.1, 0.15) is 23.3 Å². The Morgan fingerprint density at radius 2 is 2.11 bits per heavy atom. The molecule has 1 aliphatic heterocycles. The Hall–Kier alpha value is -2.60. The molecule has 5 nitrogen and oxygen atoms in total. The van der Waals surface area contributed by atoms with E-state index in [4.69, 9.17) is 0 Å². The molecular weight excluding hydrogens is 370 g/mol. The van der Waals surface area contributed by atoms with E-state index < -0.39 is 0 Å². The maximum Gasteiger partial charge on any atom is 0.227 e. The van der Waals surface area contributed by atoms with Crippen LogP contribution in [0.4, 0.5) is 0 Å². The third-order valence-electron chi connectivity index (χ3n) is 5.41. The predicted octanol–water partition coefficient (Wildman–Crippen LogP) is 3.37. The number of hydrogen-bond acceptors (Lipinski definition) is 3. The molecule has 0 spiro atoms. The van der Waals surface area contributed by atoms with Gasteiger partial charge < -0.3 is 15.2 Å². The van der Waals surface area contributed by atoms with E-state index in [1.807, 2.05) is 41.4 Å². The van der Waals surface area contributed by atoms with Crippen molar-refractivity contribution in [2.45, 2.75) is 25.7 Å². The summed E-state index contributed by atoms with van der Waals surface area (Å²) in [6, 6.07) is 12.1. The zero-order chi connectivity index (χ0) is 19.3. The first-order valence-electron chi connectivity index (χ1n) is 9.83. The molecule has 1 atom stereocenters. The smallest absolute Gasteiger partial charge is 0.227 e. The molecule has 2 N–H and O–H groups in total. The van der Waals surface area contributed by atoms with Crippen LogP contribution in [0.25, 0.3) is 10.9 Å². The van der Waals surface area contributed by atoms with Crippen molar-refractivity contribution < 1.29 is 9.59 Å². The number of likely N-dealkylation sites (tertiary alicyclic amines) is 1. The highest BCUT2D eigenvalue weighted by molar-refractivity contribution is 7.09. The van der Waals surface area contributed by atoms with Gasteiger partial charge in [-0.15, -0.1) is 11.3 Å². The van der Waals surface area contributed by atoms with Gasteiger partial charge in [-0.3, -0.25) is 9.59 Å². The SMILES string of the molecule is O=C(NCCc1cccs1)C1CCCN(C(=O)Cc2c[nH]c3ccccc23)C1. The minimum atomic E-state index is -0.107. The maximum atomic E-state index is 12.8. The Morgan fingerprint density at radius 1 is 1.21 bits per heavy atom. The Labute approximate surface area is 168 Å². The summed E-state index contributed by atoms with van der Waals surface area (Å²) in [5, 5.41) is 6.19. The Balaban J connectivity index is 1.31. The molecule has 6 heteroatoms. The van der Waals surface area contributed by atoms with Crippen molar-refractivity contribution in [1.29, 1.82) is 0 Å². The van der Waals surface area contributed by atoms with E-state index in [9.17, 15) is 9.59 Å². The van der Waals surface area contributed by atoms with Crippen molar-refractivity contribution in [3.8, 4) is 0 Å². The number of nitrogens with zero attached hydrogens (tertiary/aromatic N) is 1. The van der Waals surface area contributed by atoms with Gasteiger partial charge in [0.1, 0.15) is 0 Å². The molecule has 1 saturated heterocycles. The van der Waals surface area contributed by atoms with E-state index in [-0.39, 0.29) is 17.7 Å². The van der Waals surface area contributed by atoms with E-state index in [0.29, 0.717) is 19.5 Å². The Bertz CT molecular complexity index is 948. The van der Waals surface area contributed by atoms with Crippen LogP contribution in [0.2, 0.25) is 0 Å². The molecule has 1 unspecified atom stereocenters. The standard InChI is InChI=1S/C22H25N3O2S/c26-21(13-17-14-24-20-8-2-1-7-19(17)20)25-11-3-5-16(15-25)22(27)23-10-9-18-6-4-12-28-18/h1-2,4,6-8,12,14,16,24H,3,5,9-11,13,15H2,(H,23,27). The Kier molecular flexibility index (Phi) is 5.76. The molecule has 2 amide bonds. The summed E-state index contributed by atoms with van der Waals surface area (Å²) in [5.74, 6) is 0.0611. The molecule has 1 fully saturated rings. The average molecular weight is 396 g/mol. The fourth-order valence-electron chi connectivity index (χ4n) is 3.88. The minimum absolute atomic E-state index is 0.0705. The number of carbonyl (C=O) groups is 2. The number of thiophene rings is 1. The molecule has 3 heterocycles. The summed E-state index contributed by atoms with van der Waals surface area (Å²) < 4.78 is 0. The lowest BCUT2D eigenvalue weighted by Gasteiger charge is -2.32. The van der Waals surface area contributed by atoms with Crippen molar-refractivity contribution in [1.82, 2.24) is 15.2 Å². The summed E-state index contributed by atoms with van der Waals surface area (Å²) in [6.07, 6.45) is 4.88. The van der Waals surface area contributed by atoms with Crippen LogP contribution in [0.5, 0.6) is 0 Å². The van der Waals surface area contributed by atoms with Crippen molar-refractivity contribution in [2.24, 2.45) is 5.92 Å². The van der Waals surface area contributed by atoms with Crippen LogP contribution in [0.15, 0.2) is 48.0 Å². The molecule has 1 aliphatic rings. The van der Waals surface area contributed by atoms with Crippen LogP contribution < -0.4 is 5.32 Å². The first kappa shape index (κ1) is 18.7. The normalized spacial score (nSPS) is 17.0. The largest absolute Gasteiger partial charge is 0.361 e. The molecule has 0 radical (unpaired) electrons. The number of aromatic nitrogens is 1. The van der Waals surface area contributed by atoms with Gasteiger partial charge in [0.25, 0.3) is 0 Å². The van der Waals surface area contributed by atoms with Gasteiger partial charge in [-0.05, 0) is 42.3 Å². The molecule has 0 aliphatic carbocycles. The van der Waals surface area contributed by atoms with Gasteiger partial charge in [-0.25, -0.2) is 0 Å². The van der Waals surface area contributed by atoms with Gasteiger partial charge in [-0.1, -0.05) is 24.3 Å². The highest BCUT2D eigenvalue weighted by Crippen LogP contribution is 2.21. The fraction of sp³-hybridized carbons (Fsp3) is 0.364. The first-order valence-corrected chi connectivity index (χ1v) is 10.7. The van der Waals surface area contributed by atoms with Crippen molar-refractivity contribution in [2.75, 3.05) is 19.6 Å². The summed E-state index contributed by atoms with van der Waals surface area (Å²) in [7, 11) is 0. The van der Waals surface area contributed by atoms with Crippen molar-refractivity contribution >= 4 is 34.1 Å². The lowest BCUT2D eigenvalue weighted by atomic mass is 9.96. The molecule has 4 rings (SSSR count). The molecule has 3 aromatic rings. The van der Waals surface area contributed by atoms with Gasteiger partial charge >= 0.3 is 0 Å². The average Bonchev–Trinajstić information content (AvgIpc) is 3.38. The summed E-state index contributed by atoms with van der Waals surface area (Å²) in [4.78, 5) is 31.7. The van der Waals surface area contributed by atoms with E-state index in [2.05, 4.69) is 21.7 Å². The molecule has 1 aromatic carbocycles. The van der Waals surface area contributed by atoms with Crippen LogP contribution in [0.3, 0.4) is 0 Å². The summed E-state index contributed by atoms with van der Waals surface area (Å²) in [5.41, 5.74) is 2.06. The van der Waals surface area contributed by atoms with Crippen LogP contribution in [0, 0.1) is 5.92 Å². The number of H-pyrrole nitrogens is 1. The van der Waals surface area contributed by atoms with E-state index >= 15 is 0 Å². The van der Waals surface area contributed by atoms with Gasteiger partial charge in [0.2, 0.25) is 11.8 Å². The number of amides is 2. The lowest BCUT2D eigenvalue weighted by molar-refractivity contribution is -0.135. The number of hydrogen-bond donors (Lipinski definition) is 2. The number of nitrogens with one attached hydrogen (secondary N) is 2. The summed E-state index contributed by atoms with van der Waals surface area (Å²) in [6.45, 7) is 1.91. The number of carbonyl (C=O) groups excluding carboxylic acids is 2. The number of rotatable bonds is 6. The van der Waals surface area contributed by atoms with Gasteiger partial charge in [0.05, 0.1) is 12.3 Å². The molecule has 2 aromatic heterocycles. The second-order valence-electron chi connectivity index (χ2n) is 7.34. The van der Waals surface area contributed by atoms with E-state index in [0.717, 1.165) is 42.3 Å². The second-order valence-corrected chi connectivity index (χ2v) is 8.37. The first-order chi connectivity index (χ1) is 13.7. The van der Waals surface area contributed by atoms with Gasteiger partial charge in [-0.2, -0.15) is 0 Å². The van der Waals surface area contributed by atoms with Crippen LogP contribution in [-0.2, 0) is 22.4 Å². The van der Waals surface area contributed by atoms with Gasteiger partial charge in [0.15, 0.2) is 0 Å². The van der Waals surface area contributed by atoms with Gasteiger partial charge in [0, 0.05) is 41.6 Å². The molecule has 0 saturated carbocycles. The highest BCUT2D eigenvalue weighted by atomic mass is 32.1. The number of aromatic amines is 1. The molecule has 146 valence electrons. The summed E-state index contributed by atoms with van der Waals surface area (Å²) >= 11 is 1.71. The number of para-hydroxylation sites is 1. The monoisotopic (exact) mass is 395 g/mol. The van der Waals surface area contributed by atoms with Crippen LogP contribution in [-0.4, -0.2) is 41.3 Å². The Morgan fingerprint density at radius 3 is 2.96 bits per heavy atom. The maximum absolute atomic E-state index is 12.8. The van der Waals surface area contributed by atoms with E-state index in [1.54, 1.807) is 11.3 Å². The molecule has 28 heavy (non-hydrogen) atoms.